The summed E-state index contributed by atoms with van der Waals surface area (Å²) < 4.78 is 5.95. The molecule has 96 valence electrons. The molecule has 1 heterocycles. The third-order valence-corrected chi connectivity index (χ3v) is 3.22. The average molecular weight is 251 g/mol. The van der Waals surface area contributed by atoms with E-state index in [0.717, 1.165) is 11.5 Å². The van der Waals surface area contributed by atoms with Crippen LogP contribution < -0.4 is 0 Å². The minimum atomic E-state index is -0.195. The van der Waals surface area contributed by atoms with Crippen molar-refractivity contribution in [3.05, 3.63) is 60.2 Å². The molecule has 0 saturated heterocycles. The van der Waals surface area contributed by atoms with Crippen molar-refractivity contribution < 1.29 is 4.74 Å². The van der Waals surface area contributed by atoms with Gasteiger partial charge in [0.2, 0.25) is 5.90 Å². The Labute approximate surface area is 113 Å². The summed E-state index contributed by atoms with van der Waals surface area (Å²) in [6.45, 7) is 4.84. The molecule has 0 bridgehead atoms. The molecule has 0 fully saturated rings. The molecule has 0 N–H and O–H groups in total. The Kier molecular flexibility index (Phi) is 2.86. The van der Waals surface area contributed by atoms with Gasteiger partial charge in [-0.3, -0.25) is 0 Å². The molecular formula is C17H17NO. The molecule has 1 aliphatic heterocycles. The minimum Gasteiger partial charge on any atom is -0.469 e. The van der Waals surface area contributed by atoms with E-state index >= 15 is 0 Å². The molecule has 0 spiro atoms. The molecule has 0 atom stereocenters. The zero-order valence-corrected chi connectivity index (χ0v) is 11.3. The van der Waals surface area contributed by atoms with Crippen LogP contribution in [0.3, 0.4) is 0 Å². The number of benzene rings is 2. The van der Waals surface area contributed by atoms with E-state index in [1.807, 2.05) is 30.3 Å². The molecule has 2 aromatic rings. The van der Waals surface area contributed by atoms with Crippen LogP contribution >= 0.6 is 0 Å². The number of aliphatic imine (C=N–C) groups is 1. The van der Waals surface area contributed by atoms with Crippen molar-refractivity contribution in [1.29, 1.82) is 0 Å². The molecule has 0 aliphatic carbocycles. The van der Waals surface area contributed by atoms with E-state index in [1.54, 1.807) is 0 Å². The highest BCUT2D eigenvalue weighted by Gasteiger charge is 2.29. The molecule has 2 nitrogen and oxygen atoms in total. The maximum absolute atomic E-state index is 5.95. The van der Waals surface area contributed by atoms with Gasteiger partial charge in [0.1, 0.15) is 5.60 Å². The lowest BCUT2D eigenvalue weighted by atomic mass is 10.00. The van der Waals surface area contributed by atoms with E-state index in [-0.39, 0.29) is 5.60 Å². The molecule has 0 aromatic heterocycles. The largest absolute Gasteiger partial charge is 0.469 e. The third kappa shape index (κ3) is 2.39. The molecule has 0 amide bonds. The first-order valence-corrected chi connectivity index (χ1v) is 6.54. The summed E-state index contributed by atoms with van der Waals surface area (Å²) in [4.78, 5) is 4.54. The Balaban J connectivity index is 2.05. The SMILES string of the molecule is CC1(C)CN=C(c2ccccc2-c2ccccc2)O1. The van der Waals surface area contributed by atoms with Gasteiger partial charge < -0.3 is 4.74 Å². The Morgan fingerprint density at radius 1 is 0.895 bits per heavy atom. The van der Waals surface area contributed by atoms with Gasteiger partial charge in [-0.2, -0.15) is 0 Å². The topological polar surface area (TPSA) is 21.6 Å². The zero-order chi connectivity index (χ0) is 13.3. The number of nitrogens with zero attached hydrogens (tertiary/aromatic N) is 1. The molecule has 1 aliphatic rings. The van der Waals surface area contributed by atoms with Crippen LogP contribution in [0.15, 0.2) is 59.6 Å². The van der Waals surface area contributed by atoms with E-state index < -0.39 is 0 Å². The van der Waals surface area contributed by atoms with Crippen molar-refractivity contribution in [3.8, 4) is 11.1 Å². The van der Waals surface area contributed by atoms with E-state index in [1.165, 1.54) is 11.1 Å². The summed E-state index contributed by atoms with van der Waals surface area (Å²) in [5, 5.41) is 0. The molecule has 0 unspecified atom stereocenters. The Hall–Kier alpha value is -2.09. The van der Waals surface area contributed by atoms with Gasteiger partial charge in [-0.25, -0.2) is 4.99 Å². The molecule has 0 radical (unpaired) electrons. The van der Waals surface area contributed by atoms with E-state index in [9.17, 15) is 0 Å². The van der Waals surface area contributed by atoms with Gasteiger partial charge in [-0.1, -0.05) is 48.5 Å². The quantitative estimate of drug-likeness (QED) is 0.793. The monoisotopic (exact) mass is 251 g/mol. The van der Waals surface area contributed by atoms with Gasteiger partial charge in [0.25, 0.3) is 0 Å². The minimum absolute atomic E-state index is 0.195. The fraction of sp³-hybridized carbons (Fsp3) is 0.235. The summed E-state index contributed by atoms with van der Waals surface area (Å²) in [7, 11) is 0. The summed E-state index contributed by atoms with van der Waals surface area (Å²) in [5.74, 6) is 0.754. The Bertz CT molecular complexity index is 614. The molecule has 0 saturated carbocycles. The van der Waals surface area contributed by atoms with Crippen molar-refractivity contribution in [2.45, 2.75) is 19.4 Å². The number of rotatable bonds is 2. The van der Waals surface area contributed by atoms with Crippen molar-refractivity contribution in [2.75, 3.05) is 6.54 Å². The van der Waals surface area contributed by atoms with Gasteiger partial charge in [-0.15, -0.1) is 0 Å². The van der Waals surface area contributed by atoms with Gasteiger partial charge in [0.05, 0.1) is 6.54 Å². The van der Waals surface area contributed by atoms with Crippen LogP contribution in [0.4, 0.5) is 0 Å². The lowest BCUT2D eigenvalue weighted by Crippen LogP contribution is -2.24. The van der Waals surface area contributed by atoms with Crippen LogP contribution in [0.25, 0.3) is 11.1 Å². The normalized spacial score (nSPS) is 16.8. The van der Waals surface area contributed by atoms with Crippen molar-refractivity contribution in [1.82, 2.24) is 0 Å². The molecule has 2 aromatic carbocycles. The first-order chi connectivity index (χ1) is 9.16. The number of hydrogen-bond acceptors (Lipinski definition) is 2. The van der Waals surface area contributed by atoms with Gasteiger partial charge in [-0.05, 0) is 31.0 Å². The zero-order valence-electron chi connectivity index (χ0n) is 11.3. The fourth-order valence-electron chi connectivity index (χ4n) is 2.27. The first-order valence-electron chi connectivity index (χ1n) is 6.54. The lowest BCUT2D eigenvalue weighted by Gasteiger charge is -2.18. The highest BCUT2D eigenvalue weighted by molar-refractivity contribution is 6.01. The summed E-state index contributed by atoms with van der Waals surface area (Å²) >= 11 is 0. The Morgan fingerprint density at radius 2 is 1.53 bits per heavy atom. The number of ether oxygens (including phenoxy) is 1. The summed E-state index contributed by atoms with van der Waals surface area (Å²) in [6.07, 6.45) is 0. The van der Waals surface area contributed by atoms with Crippen LogP contribution in [0.1, 0.15) is 19.4 Å². The molecule has 19 heavy (non-hydrogen) atoms. The smallest absolute Gasteiger partial charge is 0.217 e. The fourth-order valence-corrected chi connectivity index (χ4v) is 2.27. The standard InChI is InChI=1S/C17H17NO/c1-17(2)12-18-16(19-17)15-11-7-6-10-14(15)13-8-4-3-5-9-13/h3-11H,12H2,1-2H3. The summed E-state index contributed by atoms with van der Waals surface area (Å²) in [5.41, 5.74) is 3.23. The predicted octanol–water partition coefficient (Wildman–Crippen LogP) is 3.91. The maximum atomic E-state index is 5.95. The van der Waals surface area contributed by atoms with Crippen LogP contribution in [0.2, 0.25) is 0 Å². The Morgan fingerprint density at radius 3 is 2.16 bits per heavy atom. The van der Waals surface area contributed by atoms with Crippen LogP contribution in [-0.2, 0) is 4.74 Å². The van der Waals surface area contributed by atoms with E-state index in [0.29, 0.717) is 6.54 Å². The molecular weight excluding hydrogens is 234 g/mol. The second kappa shape index (κ2) is 4.54. The van der Waals surface area contributed by atoms with Gasteiger partial charge in [0.15, 0.2) is 0 Å². The molecule has 3 rings (SSSR count). The van der Waals surface area contributed by atoms with Crippen molar-refractivity contribution in [2.24, 2.45) is 4.99 Å². The van der Waals surface area contributed by atoms with Crippen LogP contribution in [0, 0.1) is 0 Å². The van der Waals surface area contributed by atoms with E-state index in [2.05, 4.69) is 43.1 Å². The predicted molar refractivity (Wildman–Crippen MR) is 78.4 cm³/mol. The highest BCUT2D eigenvalue weighted by Crippen LogP contribution is 2.28. The van der Waals surface area contributed by atoms with Gasteiger partial charge in [0, 0.05) is 5.56 Å². The molecule has 2 heteroatoms. The van der Waals surface area contributed by atoms with Gasteiger partial charge >= 0.3 is 0 Å². The second-order valence-corrected chi connectivity index (χ2v) is 5.39. The number of hydrogen-bond donors (Lipinski definition) is 0. The summed E-state index contributed by atoms with van der Waals surface area (Å²) in [6, 6.07) is 18.6. The second-order valence-electron chi connectivity index (χ2n) is 5.39. The third-order valence-electron chi connectivity index (χ3n) is 3.22. The highest BCUT2D eigenvalue weighted by atomic mass is 16.5. The maximum Gasteiger partial charge on any atom is 0.217 e. The average Bonchev–Trinajstić information content (AvgIpc) is 2.80. The lowest BCUT2D eigenvalue weighted by molar-refractivity contribution is 0.131. The van der Waals surface area contributed by atoms with Crippen molar-refractivity contribution >= 4 is 5.90 Å². The first kappa shape index (κ1) is 12.0. The van der Waals surface area contributed by atoms with Crippen LogP contribution in [-0.4, -0.2) is 18.0 Å². The van der Waals surface area contributed by atoms with Crippen LogP contribution in [0.5, 0.6) is 0 Å². The van der Waals surface area contributed by atoms with Crippen molar-refractivity contribution in [3.63, 3.8) is 0 Å². The van der Waals surface area contributed by atoms with E-state index in [4.69, 9.17) is 4.74 Å².